The topological polar surface area (TPSA) is 49.4 Å². The highest BCUT2D eigenvalue weighted by Crippen LogP contribution is 2.21. The average Bonchev–Trinajstić information content (AvgIpc) is 2.65. The fraction of sp³-hybridized carbons (Fsp3) is 0.300. The van der Waals surface area contributed by atoms with Crippen LogP contribution in [0.25, 0.3) is 0 Å². The number of benzene rings is 2. The summed E-state index contributed by atoms with van der Waals surface area (Å²) in [6.07, 6.45) is -4.04. The molecule has 144 valence electrons. The Labute approximate surface area is 156 Å². The second kappa shape index (κ2) is 8.70. The smallest absolute Gasteiger partial charge is 0.331 e. The molecule has 2 aromatic carbocycles. The molecule has 1 N–H and O–H groups in total. The van der Waals surface area contributed by atoms with Crippen LogP contribution >= 0.6 is 0 Å². The van der Waals surface area contributed by atoms with E-state index in [0.717, 1.165) is 12.0 Å². The van der Waals surface area contributed by atoms with Crippen LogP contribution in [0.2, 0.25) is 0 Å². The second-order valence-electron chi connectivity index (χ2n) is 6.02. The van der Waals surface area contributed by atoms with Gasteiger partial charge in [0.15, 0.2) is 0 Å². The maximum atomic E-state index is 12.6. The Kier molecular flexibility index (Phi) is 6.60. The molecular formula is C20H21F3N2O2. The van der Waals surface area contributed by atoms with E-state index < -0.39 is 12.1 Å². The normalized spacial score (nSPS) is 11.1. The summed E-state index contributed by atoms with van der Waals surface area (Å²) in [7, 11) is 0. The van der Waals surface area contributed by atoms with Gasteiger partial charge in [-0.15, -0.1) is 0 Å². The number of nitrogens with one attached hydrogen (secondary N) is 1. The van der Waals surface area contributed by atoms with Gasteiger partial charge in [0.1, 0.15) is 0 Å². The number of nitrogens with zero attached hydrogens (tertiary/aromatic N) is 1. The molecule has 2 rings (SSSR count). The van der Waals surface area contributed by atoms with Crippen molar-refractivity contribution in [3.8, 4) is 0 Å². The molecule has 0 unspecified atom stereocenters. The summed E-state index contributed by atoms with van der Waals surface area (Å²) < 4.78 is 37.9. The van der Waals surface area contributed by atoms with Crippen molar-refractivity contribution in [1.82, 2.24) is 4.90 Å². The van der Waals surface area contributed by atoms with Crippen molar-refractivity contribution in [2.75, 3.05) is 11.9 Å². The minimum Gasteiger partial charge on any atom is -0.331 e. The van der Waals surface area contributed by atoms with Crippen molar-refractivity contribution in [1.29, 1.82) is 0 Å². The van der Waals surface area contributed by atoms with Crippen molar-refractivity contribution in [3.63, 3.8) is 0 Å². The molecule has 0 heterocycles. The molecule has 0 atom stereocenters. The second-order valence-corrected chi connectivity index (χ2v) is 6.02. The molecule has 0 aromatic heterocycles. The number of rotatable bonds is 6. The number of hydrogen-bond donors (Lipinski definition) is 1. The van der Waals surface area contributed by atoms with E-state index in [4.69, 9.17) is 0 Å². The summed E-state index contributed by atoms with van der Waals surface area (Å²) in [5.41, 5.74) is 2.55. The van der Waals surface area contributed by atoms with Gasteiger partial charge in [-0.2, -0.15) is 13.2 Å². The molecule has 0 saturated heterocycles. The summed E-state index contributed by atoms with van der Waals surface area (Å²) in [5, 5.41) is 2.72. The highest BCUT2D eigenvalue weighted by molar-refractivity contribution is 6.04. The zero-order valence-corrected chi connectivity index (χ0v) is 15.1. The monoisotopic (exact) mass is 378 g/mol. The van der Waals surface area contributed by atoms with Gasteiger partial charge in [0, 0.05) is 24.3 Å². The fourth-order valence-corrected chi connectivity index (χ4v) is 2.57. The van der Waals surface area contributed by atoms with E-state index in [9.17, 15) is 22.8 Å². The van der Waals surface area contributed by atoms with E-state index in [-0.39, 0.29) is 19.0 Å². The molecule has 2 aromatic rings. The van der Waals surface area contributed by atoms with Crippen molar-refractivity contribution in [2.24, 2.45) is 0 Å². The van der Waals surface area contributed by atoms with Crippen LogP contribution in [0.4, 0.5) is 18.9 Å². The highest BCUT2D eigenvalue weighted by atomic mass is 19.4. The quantitative estimate of drug-likeness (QED) is 0.809. The molecular weight excluding hydrogens is 357 g/mol. The van der Waals surface area contributed by atoms with E-state index in [0.29, 0.717) is 21.7 Å². The standard InChI is InChI=1S/C20H21F3N2O2/c1-3-14-8-10-16(11-9-14)18(26)24-17-7-5-6-15(12-17)13-25(4-2)19(27)20(21,22)23/h5-12H,3-4,13H2,1-2H3,(H,24,26). The van der Waals surface area contributed by atoms with Crippen LogP contribution < -0.4 is 5.32 Å². The predicted octanol–water partition coefficient (Wildman–Crippen LogP) is 4.41. The Morgan fingerprint density at radius 3 is 2.22 bits per heavy atom. The first-order valence-electron chi connectivity index (χ1n) is 8.60. The highest BCUT2D eigenvalue weighted by Gasteiger charge is 2.41. The van der Waals surface area contributed by atoms with E-state index in [1.54, 1.807) is 36.4 Å². The Balaban J connectivity index is 2.09. The number of hydrogen-bond acceptors (Lipinski definition) is 2. The van der Waals surface area contributed by atoms with E-state index in [2.05, 4.69) is 5.32 Å². The maximum absolute atomic E-state index is 12.6. The van der Waals surface area contributed by atoms with Crippen LogP contribution in [0.15, 0.2) is 48.5 Å². The van der Waals surface area contributed by atoms with Crippen LogP contribution in [0, 0.1) is 0 Å². The summed E-state index contributed by atoms with van der Waals surface area (Å²) in [6, 6.07) is 13.6. The Hall–Kier alpha value is -2.83. The van der Waals surface area contributed by atoms with Crippen molar-refractivity contribution < 1.29 is 22.8 Å². The van der Waals surface area contributed by atoms with E-state index >= 15 is 0 Å². The molecule has 0 aliphatic rings. The lowest BCUT2D eigenvalue weighted by Crippen LogP contribution is -2.40. The lowest BCUT2D eigenvalue weighted by atomic mass is 10.1. The molecule has 0 aliphatic carbocycles. The molecule has 2 amide bonds. The fourth-order valence-electron chi connectivity index (χ4n) is 2.57. The van der Waals surface area contributed by atoms with Gasteiger partial charge < -0.3 is 10.2 Å². The van der Waals surface area contributed by atoms with E-state index in [1.807, 2.05) is 19.1 Å². The van der Waals surface area contributed by atoms with Crippen LogP contribution in [-0.4, -0.2) is 29.4 Å². The van der Waals surface area contributed by atoms with Gasteiger partial charge in [-0.3, -0.25) is 9.59 Å². The van der Waals surface area contributed by atoms with Crippen LogP contribution in [0.5, 0.6) is 0 Å². The molecule has 7 heteroatoms. The lowest BCUT2D eigenvalue weighted by Gasteiger charge is -2.22. The van der Waals surface area contributed by atoms with Gasteiger partial charge >= 0.3 is 12.1 Å². The van der Waals surface area contributed by atoms with Gasteiger partial charge in [0.05, 0.1) is 0 Å². The first-order valence-corrected chi connectivity index (χ1v) is 8.60. The SMILES string of the molecule is CCc1ccc(C(=O)Nc2cccc(CN(CC)C(=O)C(F)(F)F)c2)cc1. The lowest BCUT2D eigenvalue weighted by molar-refractivity contribution is -0.185. The molecule has 0 radical (unpaired) electrons. The summed E-state index contributed by atoms with van der Waals surface area (Å²) in [6.45, 7) is 3.24. The van der Waals surface area contributed by atoms with Gasteiger partial charge in [-0.1, -0.05) is 31.2 Å². The number of aryl methyl sites for hydroxylation is 1. The first kappa shape index (κ1) is 20.5. The summed E-state index contributed by atoms with van der Waals surface area (Å²) >= 11 is 0. The maximum Gasteiger partial charge on any atom is 0.471 e. The first-order chi connectivity index (χ1) is 12.7. The number of amides is 2. The Morgan fingerprint density at radius 2 is 1.67 bits per heavy atom. The molecule has 0 bridgehead atoms. The minimum absolute atomic E-state index is 0.0707. The Morgan fingerprint density at radius 1 is 1.00 bits per heavy atom. The predicted molar refractivity (Wildman–Crippen MR) is 97.4 cm³/mol. The molecule has 0 aliphatic heterocycles. The third kappa shape index (κ3) is 5.57. The Bertz CT molecular complexity index is 802. The van der Waals surface area contributed by atoms with Crippen LogP contribution in [-0.2, 0) is 17.8 Å². The third-order valence-corrected chi connectivity index (χ3v) is 4.09. The van der Waals surface area contributed by atoms with Crippen LogP contribution in [0.3, 0.4) is 0 Å². The van der Waals surface area contributed by atoms with Gasteiger partial charge in [0.25, 0.3) is 5.91 Å². The minimum atomic E-state index is -4.91. The van der Waals surface area contributed by atoms with E-state index in [1.165, 1.54) is 6.92 Å². The molecule has 0 fully saturated rings. The largest absolute Gasteiger partial charge is 0.471 e. The van der Waals surface area contributed by atoms with Crippen molar-refractivity contribution in [2.45, 2.75) is 33.0 Å². The molecule has 27 heavy (non-hydrogen) atoms. The number of carbonyl (C=O) groups excluding carboxylic acids is 2. The summed E-state index contributed by atoms with van der Waals surface area (Å²) in [4.78, 5) is 24.5. The number of carbonyl (C=O) groups is 2. The van der Waals surface area contributed by atoms with Gasteiger partial charge in [-0.05, 0) is 48.7 Å². The molecule has 4 nitrogen and oxygen atoms in total. The van der Waals surface area contributed by atoms with Crippen molar-refractivity contribution >= 4 is 17.5 Å². The zero-order chi connectivity index (χ0) is 20.0. The number of anilines is 1. The van der Waals surface area contributed by atoms with Crippen molar-refractivity contribution in [3.05, 3.63) is 65.2 Å². The average molecular weight is 378 g/mol. The molecule has 0 saturated carbocycles. The summed E-state index contributed by atoms with van der Waals surface area (Å²) in [5.74, 6) is -2.19. The zero-order valence-electron chi connectivity index (χ0n) is 15.1. The third-order valence-electron chi connectivity index (χ3n) is 4.09. The number of alkyl halides is 3. The van der Waals surface area contributed by atoms with Gasteiger partial charge in [-0.25, -0.2) is 0 Å². The van der Waals surface area contributed by atoms with Crippen LogP contribution in [0.1, 0.15) is 35.3 Å². The number of halogens is 3. The molecule has 0 spiro atoms. The van der Waals surface area contributed by atoms with Gasteiger partial charge in [0.2, 0.25) is 0 Å².